The number of aryl methyl sites for hydroxylation is 1. The number of amides is 1. The van der Waals surface area contributed by atoms with Crippen LogP contribution in [0.3, 0.4) is 0 Å². The van der Waals surface area contributed by atoms with Gasteiger partial charge < -0.3 is 5.32 Å². The number of carbonyl (C=O) groups is 1. The number of rotatable bonds is 2. The summed E-state index contributed by atoms with van der Waals surface area (Å²) >= 11 is 0. The lowest BCUT2D eigenvalue weighted by atomic mass is 10.2. The molecule has 0 saturated carbocycles. The Morgan fingerprint density at radius 3 is 2.76 bits per heavy atom. The first-order valence-corrected chi connectivity index (χ1v) is 4.84. The zero-order chi connectivity index (χ0) is 12.4. The van der Waals surface area contributed by atoms with Gasteiger partial charge in [-0.15, -0.1) is 0 Å². The predicted molar refractivity (Wildman–Crippen MR) is 57.6 cm³/mol. The molecule has 17 heavy (non-hydrogen) atoms. The Bertz CT molecular complexity index is 566. The average molecular weight is 237 g/mol. The van der Waals surface area contributed by atoms with E-state index in [1.165, 1.54) is 6.20 Å². The number of hydrogen-bond donors (Lipinski definition) is 2. The van der Waals surface area contributed by atoms with Crippen molar-refractivity contribution < 1.29 is 13.6 Å². The molecule has 2 aromatic rings. The Balaban J connectivity index is 2.22. The molecule has 1 aromatic carbocycles. The average Bonchev–Trinajstić information content (AvgIpc) is 2.68. The van der Waals surface area contributed by atoms with E-state index in [0.717, 1.165) is 12.1 Å². The first-order chi connectivity index (χ1) is 8.08. The van der Waals surface area contributed by atoms with Crippen LogP contribution in [0.4, 0.5) is 14.5 Å². The van der Waals surface area contributed by atoms with Gasteiger partial charge in [-0.2, -0.15) is 5.10 Å². The SMILES string of the molecule is Cc1[nH]ncc1C(=O)Nc1ccc(F)cc1F. The van der Waals surface area contributed by atoms with Crippen LogP contribution < -0.4 is 5.32 Å². The van der Waals surface area contributed by atoms with Crippen LogP contribution in [0.25, 0.3) is 0 Å². The first kappa shape index (κ1) is 11.3. The minimum absolute atomic E-state index is 0.0722. The molecule has 6 heteroatoms. The minimum Gasteiger partial charge on any atom is -0.319 e. The van der Waals surface area contributed by atoms with E-state index >= 15 is 0 Å². The number of nitrogens with one attached hydrogen (secondary N) is 2. The summed E-state index contributed by atoms with van der Waals surface area (Å²) in [5.74, 6) is -2.01. The minimum atomic E-state index is -0.820. The Morgan fingerprint density at radius 1 is 1.41 bits per heavy atom. The quantitative estimate of drug-likeness (QED) is 0.841. The normalized spacial score (nSPS) is 10.3. The summed E-state index contributed by atoms with van der Waals surface area (Å²) in [7, 11) is 0. The molecule has 0 saturated heterocycles. The standard InChI is InChI=1S/C11H9F2N3O/c1-6-8(5-14-16-6)11(17)15-10-3-2-7(12)4-9(10)13/h2-5H,1H3,(H,14,16)(H,15,17). The molecule has 0 spiro atoms. The molecule has 1 aromatic heterocycles. The van der Waals surface area contributed by atoms with E-state index in [4.69, 9.17) is 0 Å². The van der Waals surface area contributed by atoms with Crippen LogP contribution in [0.1, 0.15) is 16.1 Å². The number of hydrogen-bond acceptors (Lipinski definition) is 2. The van der Waals surface area contributed by atoms with E-state index in [1.54, 1.807) is 6.92 Å². The van der Waals surface area contributed by atoms with E-state index in [-0.39, 0.29) is 5.69 Å². The van der Waals surface area contributed by atoms with Gasteiger partial charge in [0.1, 0.15) is 11.6 Å². The molecule has 0 atom stereocenters. The second-order valence-corrected chi connectivity index (χ2v) is 3.49. The molecule has 0 aliphatic rings. The predicted octanol–water partition coefficient (Wildman–Crippen LogP) is 2.25. The molecular weight excluding hydrogens is 228 g/mol. The van der Waals surface area contributed by atoms with Crippen molar-refractivity contribution in [3.63, 3.8) is 0 Å². The monoisotopic (exact) mass is 237 g/mol. The molecule has 0 bridgehead atoms. The van der Waals surface area contributed by atoms with Crippen LogP contribution in [0.2, 0.25) is 0 Å². The van der Waals surface area contributed by atoms with Crippen molar-refractivity contribution in [2.45, 2.75) is 6.92 Å². The highest BCUT2D eigenvalue weighted by Crippen LogP contribution is 2.16. The van der Waals surface area contributed by atoms with Gasteiger partial charge in [-0.1, -0.05) is 0 Å². The maximum Gasteiger partial charge on any atom is 0.259 e. The molecule has 0 aliphatic carbocycles. The fraction of sp³-hybridized carbons (Fsp3) is 0.0909. The molecule has 0 fully saturated rings. The molecular formula is C11H9F2N3O. The van der Waals surface area contributed by atoms with E-state index in [2.05, 4.69) is 15.5 Å². The maximum atomic E-state index is 13.3. The van der Waals surface area contributed by atoms with Gasteiger partial charge in [0.25, 0.3) is 5.91 Å². The molecule has 1 amide bonds. The van der Waals surface area contributed by atoms with Crippen molar-refractivity contribution in [1.29, 1.82) is 0 Å². The third kappa shape index (κ3) is 2.30. The van der Waals surface area contributed by atoms with Gasteiger partial charge in [0.05, 0.1) is 17.4 Å². The van der Waals surface area contributed by atoms with Gasteiger partial charge in [0, 0.05) is 11.8 Å². The molecule has 88 valence electrons. The summed E-state index contributed by atoms with van der Waals surface area (Å²) in [6, 6.07) is 2.94. The number of aromatic nitrogens is 2. The summed E-state index contributed by atoms with van der Waals surface area (Å²) in [6.07, 6.45) is 1.34. The topological polar surface area (TPSA) is 57.8 Å². The van der Waals surface area contributed by atoms with Crippen molar-refractivity contribution in [2.75, 3.05) is 5.32 Å². The lowest BCUT2D eigenvalue weighted by Crippen LogP contribution is -2.13. The third-order valence-corrected chi connectivity index (χ3v) is 2.25. The molecule has 0 aliphatic heterocycles. The lowest BCUT2D eigenvalue weighted by molar-refractivity contribution is 0.102. The van der Waals surface area contributed by atoms with Gasteiger partial charge >= 0.3 is 0 Å². The van der Waals surface area contributed by atoms with Crippen molar-refractivity contribution in [1.82, 2.24) is 10.2 Å². The van der Waals surface area contributed by atoms with E-state index < -0.39 is 17.5 Å². The zero-order valence-electron chi connectivity index (χ0n) is 8.92. The summed E-state index contributed by atoms with van der Waals surface area (Å²) in [6.45, 7) is 1.67. The number of benzene rings is 1. The smallest absolute Gasteiger partial charge is 0.259 e. The second-order valence-electron chi connectivity index (χ2n) is 3.49. The van der Waals surface area contributed by atoms with Crippen molar-refractivity contribution in [2.24, 2.45) is 0 Å². The van der Waals surface area contributed by atoms with E-state index in [9.17, 15) is 13.6 Å². The highest BCUT2D eigenvalue weighted by Gasteiger charge is 2.13. The van der Waals surface area contributed by atoms with Crippen LogP contribution >= 0.6 is 0 Å². The van der Waals surface area contributed by atoms with Crippen molar-refractivity contribution in [3.05, 3.63) is 47.3 Å². The molecule has 0 unspecified atom stereocenters. The first-order valence-electron chi connectivity index (χ1n) is 4.84. The Morgan fingerprint density at radius 2 is 2.18 bits per heavy atom. The highest BCUT2D eigenvalue weighted by molar-refractivity contribution is 6.04. The second kappa shape index (κ2) is 4.32. The van der Waals surface area contributed by atoms with Gasteiger partial charge in [-0.25, -0.2) is 8.78 Å². The lowest BCUT2D eigenvalue weighted by Gasteiger charge is -2.05. The van der Waals surface area contributed by atoms with Crippen molar-refractivity contribution in [3.8, 4) is 0 Å². The number of aromatic amines is 1. The number of H-pyrrole nitrogens is 1. The summed E-state index contributed by atoms with van der Waals surface area (Å²) in [5, 5.41) is 8.62. The molecule has 4 nitrogen and oxygen atoms in total. The molecule has 2 rings (SSSR count). The third-order valence-electron chi connectivity index (χ3n) is 2.25. The van der Waals surface area contributed by atoms with Gasteiger partial charge in [0.2, 0.25) is 0 Å². The Kier molecular flexibility index (Phi) is 2.86. The van der Waals surface area contributed by atoms with Crippen LogP contribution in [0.15, 0.2) is 24.4 Å². The molecule has 2 N–H and O–H groups in total. The van der Waals surface area contributed by atoms with Gasteiger partial charge in [-0.3, -0.25) is 9.89 Å². The van der Waals surface area contributed by atoms with Gasteiger partial charge in [-0.05, 0) is 19.1 Å². The Labute approximate surface area is 95.7 Å². The number of nitrogens with zero attached hydrogens (tertiary/aromatic N) is 1. The van der Waals surface area contributed by atoms with Crippen LogP contribution in [-0.4, -0.2) is 16.1 Å². The van der Waals surface area contributed by atoms with E-state index in [1.807, 2.05) is 0 Å². The van der Waals surface area contributed by atoms with Crippen molar-refractivity contribution >= 4 is 11.6 Å². The number of carbonyl (C=O) groups excluding carboxylic acids is 1. The summed E-state index contributed by atoms with van der Waals surface area (Å²) in [5.41, 5.74) is 0.816. The Hall–Kier alpha value is -2.24. The summed E-state index contributed by atoms with van der Waals surface area (Å²) in [4.78, 5) is 11.7. The van der Waals surface area contributed by atoms with E-state index in [0.29, 0.717) is 17.3 Å². The zero-order valence-corrected chi connectivity index (χ0v) is 8.92. The molecule has 1 heterocycles. The highest BCUT2D eigenvalue weighted by atomic mass is 19.1. The fourth-order valence-electron chi connectivity index (χ4n) is 1.36. The van der Waals surface area contributed by atoms with Gasteiger partial charge in [0.15, 0.2) is 0 Å². The van der Waals surface area contributed by atoms with Crippen LogP contribution in [0.5, 0.6) is 0 Å². The molecule has 0 radical (unpaired) electrons. The van der Waals surface area contributed by atoms with Crippen LogP contribution in [-0.2, 0) is 0 Å². The van der Waals surface area contributed by atoms with Crippen LogP contribution in [0, 0.1) is 18.6 Å². The maximum absolute atomic E-state index is 13.3. The summed E-state index contributed by atoms with van der Waals surface area (Å²) < 4.78 is 25.9. The number of anilines is 1. The largest absolute Gasteiger partial charge is 0.319 e. The number of halogens is 2. The fourth-order valence-corrected chi connectivity index (χ4v) is 1.36.